The van der Waals surface area contributed by atoms with E-state index in [4.69, 9.17) is 9.15 Å². The highest BCUT2D eigenvalue weighted by Crippen LogP contribution is 2.43. The summed E-state index contributed by atoms with van der Waals surface area (Å²) in [6.45, 7) is 2.22. The molecule has 1 aromatic heterocycles. The number of nitrogens with zero attached hydrogens (tertiary/aromatic N) is 1. The number of aliphatic hydroxyl groups is 1. The summed E-state index contributed by atoms with van der Waals surface area (Å²) in [6, 6.07) is 21.0. The average molecular weight is 469 g/mol. The summed E-state index contributed by atoms with van der Waals surface area (Å²) in [5.41, 5.74) is -0.127. The third kappa shape index (κ3) is 3.80. The molecule has 0 bridgehead atoms. The third-order valence-electron chi connectivity index (χ3n) is 6.36. The van der Waals surface area contributed by atoms with Crippen LogP contribution in [0.5, 0.6) is 5.75 Å². The number of anilines is 1. The number of ether oxygens (including phenoxy) is 1. The molecule has 1 N–H and O–H groups in total. The zero-order valence-corrected chi connectivity index (χ0v) is 19.3. The van der Waals surface area contributed by atoms with Gasteiger partial charge >= 0.3 is 5.63 Å². The second-order valence-corrected chi connectivity index (χ2v) is 8.68. The van der Waals surface area contributed by atoms with E-state index in [1.165, 1.54) is 18.1 Å². The predicted molar refractivity (Wildman–Crippen MR) is 131 cm³/mol. The number of ketones is 1. The van der Waals surface area contributed by atoms with Crippen molar-refractivity contribution in [3.8, 4) is 5.75 Å². The van der Waals surface area contributed by atoms with E-state index in [0.717, 1.165) is 11.1 Å². The predicted octanol–water partition coefficient (Wildman–Crippen LogP) is 4.12. The van der Waals surface area contributed by atoms with E-state index in [-0.39, 0.29) is 17.7 Å². The molecule has 0 fully saturated rings. The van der Waals surface area contributed by atoms with Crippen LogP contribution in [0.2, 0.25) is 0 Å². The Bertz CT molecular complexity index is 1520. The molecule has 7 heteroatoms. The lowest BCUT2D eigenvalue weighted by molar-refractivity contribution is -0.136. The van der Waals surface area contributed by atoms with E-state index in [1.807, 2.05) is 31.2 Å². The SMILES string of the molecule is COc1cccc2cc(C(=O)C[C@@]3(O)C(=O)N(Cc4ccc(C)cc4)c4ccccc43)c(=O)oc12. The molecule has 1 atom stereocenters. The zero-order valence-electron chi connectivity index (χ0n) is 19.3. The summed E-state index contributed by atoms with van der Waals surface area (Å²) >= 11 is 0. The highest BCUT2D eigenvalue weighted by atomic mass is 16.5. The highest BCUT2D eigenvalue weighted by Gasteiger charge is 2.51. The number of fused-ring (bicyclic) bond motifs is 2. The van der Waals surface area contributed by atoms with Crippen LogP contribution in [0.1, 0.15) is 33.5 Å². The van der Waals surface area contributed by atoms with Crippen molar-refractivity contribution in [1.29, 1.82) is 0 Å². The minimum absolute atomic E-state index is 0.224. The highest BCUT2D eigenvalue weighted by molar-refractivity contribution is 6.11. The molecule has 176 valence electrons. The van der Waals surface area contributed by atoms with E-state index in [0.29, 0.717) is 22.4 Å². The number of rotatable bonds is 6. The number of carbonyl (C=O) groups is 2. The van der Waals surface area contributed by atoms with E-state index < -0.39 is 29.3 Å². The number of hydrogen-bond donors (Lipinski definition) is 1. The summed E-state index contributed by atoms with van der Waals surface area (Å²) < 4.78 is 10.6. The molecule has 7 nitrogen and oxygen atoms in total. The van der Waals surface area contributed by atoms with Gasteiger partial charge in [-0.25, -0.2) is 4.79 Å². The normalized spacial score (nSPS) is 17.0. The lowest BCUT2D eigenvalue weighted by Gasteiger charge is -2.23. The number of methoxy groups -OCH3 is 1. The molecule has 0 unspecified atom stereocenters. The van der Waals surface area contributed by atoms with Crippen LogP contribution in [-0.4, -0.2) is 23.9 Å². The summed E-state index contributed by atoms with van der Waals surface area (Å²) in [7, 11) is 1.45. The number of Topliss-reactive ketones (excluding diaryl/α,β-unsaturated/α-hetero) is 1. The van der Waals surface area contributed by atoms with Crippen molar-refractivity contribution in [1.82, 2.24) is 0 Å². The topological polar surface area (TPSA) is 97.0 Å². The molecule has 1 amide bonds. The number of amides is 1. The quantitative estimate of drug-likeness (QED) is 0.337. The van der Waals surface area contributed by atoms with Gasteiger partial charge in [0.05, 0.1) is 25.8 Å². The first-order valence-electron chi connectivity index (χ1n) is 11.2. The first kappa shape index (κ1) is 22.6. The Labute approximate surface area is 201 Å². The van der Waals surface area contributed by atoms with E-state index in [1.54, 1.807) is 42.5 Å². The number of carbonyl (C=O) groups excluding carboxylic acids is 2. The molecular formula is C28H23NO6. The zero-order chi connectivity index (χ0) is 24.7. The molecule has 1 aliphatic heterocycles. The maximum Gasteiger partial charge on any atom is 0.347 e. The Balaban J connectivity index is 1.50. The Kier molecular flexibility index (Phi) is 5.49. The van der Waals surface area contributed by atoms with Gasteiger partial charge in [0.25, 0.3) is 5.91 Å². The van der Waals surface area contributed by atoms with Gasteiger partial charge < -0.3 is 19.2 Å². The number of para-hydroxylation sites is 2. The van der Waals surface area contributed by atoms with Gasteiger partial charge in [-0.15, -0.1) is 0 Å². The standard InChI is InChI=1S/C28H23NO6/c1-17-10-12-18(13-11-17)16-29-22-8-4-3-7-21(22)28(33,27(29)32)15-23(30)20-14-19-6-5-9-24(34-2)25(19)35-26(20)31/h3-14,33H,15-16H2,1-2H3/t28-/m0/s1. The van der Waals surface area contributed by atoms with Crippen LogP contribution in [0.4, 0.5) is 5.69 Å². The second kappa shape index (κ2) is 8.52. The Morgan fingerprint density at radius 1 is 1.03 bits per heavy atom. The summed E-state index contributed by atoms with van der Waals surface area (Å²) in [6.07, 6.45) is -0.590. The molecule has 0 aliphatic carbocycles. The second-order valence-electron chi connectivity index (χ2n) is 8.68. The molecule has 5 rings (SSSR count). The molecule has 0 spiro atoms. The van der Waals surface area contributed by atoms with Crippen molar-refractivity contribution in [3.05, 3.63) is 105 Å². The lowest BCUT2D eigenvalue weighted by atomic mass is 9.88. The Morgan fingerprint density at radius 3 is 2.51 bits per heavy atom. The van der Waals surface area contributed by atoms with Crippen molar-refractivity contribution in [3.63, 3.8) is 0 Å². The van der Waals surface area contributed by atoms with Crippen molar-refractivity contribution in [2.45, 2.75) is 25.5 Å². The molecular weight excluding hydrogens is 446 g/mol. The van der Waals surface area contributed by atoms with Crippen LogP contribution in [0.15, 0.2) is 82.0 Å². The third-order valence-corrected chi connectivity index (χ3v) is 6.36. The van der Waals surface area contributed by atoms with Gasteiger partial charge in [0, 0.05) is 10.9 Å². The van der Waals surface area contributed by atoms with Crippen molar-refractivity contribution < 1.29 is 23.8 Å². The fourth-order valence-electron chi connectivity index (χ4n) is 4.51. The van der Waals surface area contributed by atoms with Crippen LogP contribution in [-0.2, 0) is 16.9 Å². The van der Waals surface area contributed by atoms with Crippen LogP contribution >= 0.6 is 0 Å². The van der Waals surface area contributed by atoms with E-state index >= 15 is 0 Å². The van der Waals surface area contributed by atoms with Gasteiger partial charge in [0.1, 0.15) is 5.56 Å². The van der Waals surface area contributed by atoms with Crippen LogP contribution in [0.3, 0.4) is 0 Å². The number of hydrogen-bond acceptors (Lipinski definition) is 6. The Hall–Kier alpha value is -4.23. The number of benzene rings is 3. The molecule has 35 heavy (non-hydrogen) atoms. The summed E-state index contributed by atoms with van der Waals surface area (Å²) in [5, 5.41) is 12.1. The first-order chi connectivity index (χ1) is 16.8. The smallest absolute Gasteiger partial charge is 0.347 e. The fraction of sp³-hybridized carbons (Fsp3) is 0.179. The summed E-state index contributed by atoms with van der Waals surface area (Å²) in [5.74, 6) is -0.936. The minimum Gasteiger partial charge on any atom is -0.493 e. The largest absolute Gasteiger partial charge is 0.493 e. The van der Waals surface area contributed by atoms with Gasteiger partial charge in [0.15, 0.2) is 22.7 Å². The molecule has 0 saturated heterocycles. The number of aryl methyl sites for hydroxylation is 1. The van der Waals surface area contributed by atoms with E-state index in [2.05, 4.69) is 0 Å². The monoisotopic (exact) mass is 469 g/mol. The van der Waals surface area contributed by atoms with Gasteiger partial charge in [0.2, 0.25) is 0 Å². The molecule has 2 heterocycles. The van der Waals surface area contributed by atoms with Gasteiger partial charge in [-0.3, -0.25) is 9.59 Å². The molecule has 0 radical (unpaired) electrons. The van der Waals surface area contributed by atoms with Gasteiger partial charge in [-0.05, 0) is 30.7 Å². The minimum atomic E-state index is -2.10. The van der Waals surface area contributed by atoms with Crippen molar-refractivity contribution in [2.75, 3.05) is 12.0 Å². The van der Waals surface area contributed by atoms with Crippen molar-refractivity contribution in [2.24, 2.45) is 0 Å². The molecule has 0 saturated carbocycles. The first-order valence-corrected chi connectivity index (χ1v) is 11.2. The maximum atomic E-state index is 13.5. The maximum absolute atomic E-state index is 13.5. The summed E-state index contributed by atoms with van der Waals surface area (Å²) in [4.78, 5) is 40.9. The van der Waals surface area contributed by atoms with Crippen LogP contribution < -0.4 is 15.3 Å². The Morgan fingerprint density at radius 2 is 1.77 bits per heavy atom. The molecule has 1 aliphatic rings. The average Bonchev–Trinajstić information content (AvgIpc) is 3.06. The lowest BCUT2D eigenvalue weighted by Crippen LogP contribution is -2.42. The van der Waals surface area contributed by atoms with Crippen LogP contribution in [0, 0.1) is 6.92 Å². The van der Waals surface area contributed by atoms with Crippen molar-refractivity contribution >= 4 is 28.3 Å². The van der Waals surface area contributed by atoms with Gasteiger partial charge in [-0.2, -0.15) is 0 Å². The van der Waals surface area contributed by atoms with E-state index in [9.17, 15) is 19.5 Å². The van der Waals surface area contributed by atoms with Gasteiger partial charge in [-0.1, -0.05) is 60.2 Å². The van der Waals surface area contributed by atoms with Crippen LogP contribution in [0.25, 0.3) is 11.0 Å². The fourth-order valence-corrected chi connectivity index (χ4v) is 4.51. The molecule has 3 aromatic carbocycles. The molecule has 4 aromatic rings.